The molecule has 17 heavy (non-hydrogen) atoms. The molecule has 1 nitrogen and oxygen atoms in total. The van der Waals surface area contributed by atoms with E-state index in [1.165, 1.54) is 18.0 Å². The van der Waals surface area contributed by atoms with Gasteiger partial charge in [-0.2, -0.15) is 0 Å². The first-order valence-electron chi connectivity index (χ1n) is 4.96. The second kappa shape index (κ2) is 6.30. The second-order valence-corrected chi connectivity index (χ2v) is 9.83. The second-order valence-electron chi connectivity index (χ2n) is 3.53. The molecule has 1 N–H and O–H groups in total. The zero-order valence-electron chi connectivity index (χ0n) is 8.97. The summed E-state index contributed by atoms with van der Waals surface area (Å²) in [6.07, 6.45) is 1.01. The normalized spacial score (nSPS) is 12.9. The van der Waals surface area contributed by atoms with E-state index >= 15 is 0 Å². The lowest BCUT2D eigenvalue weighted by atomic mass is 10.1. The van der Waals surface area contributed by atoms with E-state index in [0.29, 0.717) is 6.04 Å². The maximum absolute atomic E-state index is 3.62. The Labute approximate surface area is 134 Å². The molecule has 6 heteroatoms. The molecule has 2 aromatic rings. The number of likely N-dealkylation sites (N-methyl/N-ethyl adjacent to an activating group) is 1. The number of rotatable bonds is 4. The van der Waals surface area contributed by atoms with Crippen molar-refractivity contribution in [2.24, 2.45) is 0 Å². The van der Waals surface area contributed by atoms with Crippen LogP contribution in [0.3, 0.4) is 0 Å². The van der Waals surface area contributed by atoms with Gasteiger partial charge in [-0.1, -0.05) is 0 Å². The van der Waals surface area contributed by atoms with Crippen LogP contribution in [0.15, 0.2) is 29.6 Å². The van der Waals surface area contributed by atoms with E-state index in [1.54, 1.807) is 22.7 Å². The lowest BCUT2D eigenvalue weighted by Gasteiger charge is -2.14. The molecule has 0 bridgehead atoms. The van der Waals surface area contributed by atoms with Crippen LogP contribution in [0.5, 0.6) is 0 Å². The van der Waals surface area contributed by atoms with Gasteiger partial charge in [-0.05, 0) is 78.6 Å². The first kappa shape index (κ1) is 14.2. The summed E-state index contributed by atoms with van der Waals surface area (Å²) in [7, 11) is 2.01. The van der Waals surface area contributed by atoms with Crippen molar-refractivity contribution >= 4 is 70.5 Å². The Balaban J connectivity index is 2.19. The maximum atomic E-state index is 3.62. The molecule has 0 saturated carbocycles. The van der Waals surface area contributed by atoms with Crippen molar-refractivity contribution < 1.29 is 0 Å². The van der Waals surface area contributed by atoms with Crippen LogP contribution in [0.2, 0.25) is 0 Å². The zero-order valence-corrected chi connectivity index (χ0v) is 15.4. The highest BCUT2D eigenvalue weighted by molar-refractivity contribution is 9.12. The predicted octanol–water partition coefficient (Wildman–Crippen LogP) is 5.60. The molecule has 0 aromatic carbocycles. The molecule has 0 fully saturated rings. The van der Waals surface area contributed by atoms with Crippen LogP contribution < -0.4 is 5.32 Å². The van der Waals surface area contributed by atoms with Gasteiger partial charge >= 0.3 is 0 Å². The molecular formula is C11H10Br3NS2. The van der Waals surface area contributed by atoms with Gasteiger partial charge in [-0.3, -0.25) is 0 Å². The van der Waals surface area contributed by atoms with Gasteiger partial charge < -0.3 is 5.32 Å². The minimum atomic E-state index is 0.345. The Morgan fingerprint density at radius 3 is 2.41 bits per heavy atom. The van der Waals surface area contributed by atoms with E-state index in [1.807, 2.05) is 7.05 Å². The summed E-state index contributed by atoms with van der Waals surface area (Å²) in [5.41, 5.74) is 1.31. The van der Waals surface area contributed by atoms with Crippen molar-refractivity contribution in [1.82, 2.24) is 5.32 Å². The highest BCUT2D eigenvalue weighted by Crippen LogP contribution is 2.37. The van der Waals surface area contributed by atoms with Gasteiger partial charge in [0.25, 0.3) is 0 Å². The minimum Gasteiger partial charge on any atom is -0.313 e. The summed E-state index contributed by atoms with van der Waals surface area (Å²) >= 11 is 14.2. The smallest absolute Gasteiger partial charge is 0.0758 e. The predicted molar refractivity (Wildman–Crippen MR) is 87.2 cm³/mol. The Bertz CT molecular complexity index is 507. The number of halogens is 3. The molecule has 0 aliphatic carbocycles. The molecule has 92 valence electrons. The van der Waals surface area contributed by atoms with Gasteiger partial charge in [0.05, 0.1) is 11.4 Å². The molecule has 0 amide bonds. The first-order valence-corrected chi connectivity index (χ1v) is 8.97. The van der Waals surface area contributed by atoms with Gasteiger partial charge in [-0.25, -0.2) is 0 Å². The molecule has 0 aliphatic rings. The van der Waals surface area contributed by atoms with Crippen molar-refractivity contribution in [1.29, 1.82) is 0 Å². The third-order valence-corrected chi connectivity index (χ3v) is 6.47. The molecular weight excluding hydrogens is 450 g/mol. The van der Waals surface area contributed by atoms with Gasteiger partial charge in [0.2, 0.25) is 0 Å². The topological polar surface area (TPSA) is 12.0 Å². The van der Waals surface area contributed by atoms with Gasteiger partial charge in [-0.15, -0.1) is 22.7 Å². The number of nitrogens with one attached hydrogen (secondary N) is 1. The minimum absolute atomic E-state index is 0.345. The van der Waals surface area contributed by atoms with Crippen LogP contribution in [-0.2, 0) is 6.42 Å². The number of hydrogen-bond acceptors (Lipinski definition) is 3. The largest absolute Gasteiger partial charge is 0.313 e. The SMILES string of the molecule is CNC(Cc1ccc(Br)s1)c1cc(Br)sc1Br. The molecule has 2 aromatic heterocycles. The van der Waals surface area contributed by atoms with Crippen LogP contribution >= 0.6 is 70.5 Å². The van der Waals surface area contributed by atoms with Crippen molar-refractivity contribution in [3.8, 4) is 0 Å². The molecule has 0 aliphatic heterocycles. The maximum Gasteiger partial charge on any atom is 0.0758 e. The van der Waals surface area contributed by atoms with Crippen LogP contribution in [0.1, 0.15) is 16.5 Å². The van der Waals surface area contributed by atoms with Gasteiger partial charge in [0, 0.05) is 17.3 Å². The molecule has 2 heterocycles. The summed E-state index contributed by atoms with van der Waals surface area (Å²) in [4.78, 5) is 1.38. The third-order valence-electron chi connectivity index (χ3n) is 2.44. The quantitative estimate of drug-likeness (QED) is 0.627. The summed E-state index contributed by atoms with van der Waals surface area (Å²) in [5, 5.41) is 3.38. The Kier molecular flexibility index (Phi) is 5.27. The molecule has 0 spiro atoms. The number of thiophene rings is 2. The lowest BCUT2D eigenvalue weighted by Crippen LogP contribution is -2.18. The molecule has 1 unspecified atom stereocenters. The standard InChI is InChI=1S/C11H10Br3NS2/c1-15-8(4-6-2-3-9(12)16-6)7-5-10(13)17-11(7)14/h2-3,5,8,15H,4H2,1H3. The average molecular weight is 460 g/mol. The van der Waals surface area contributed by atoms with E-state index in [-0.39, 0.29) is 0 Å². The van der Waals surface area contributed by atoms with Crippen molar-refractivity contribution in [2.75, 3.05) is 7.05 Å². The molecule has 1 atom stereocenters. The molecule has 0 saturated heterocycles. The van der Waals surface area contributed by atoms with E-state index in [9.17, 15) is 0 Å². The zero-order chi connectivity index (χ0) is 12.4. The monoisotopic (exact) mass is 457 g/mol. The molecule has 2 rings (SSSR count). The van der Waals surface area contributed by atoms with Crippen molar-refractivity contribution in [3.05, 3.63) is 40.0 Å². The van der Waals surface area contributed by atoms with Crippen LogP contribution in [0.4, 0.5) is 0 Å². The Hall–Kier alpha value is 0.800. The fraction of sp³-hybridized carbons (Fsp3) is 0.273. The summed E-state index contributed by atoms with van der Waals surface area (Å²) < 4.78 is 3.54. The van der Waals surface area contributed by atoms with Gasteiger partial charge in [0.1, 0.15) is 0 Å². The van der Waals surface area contributed by atoms with Crippen LogP contribution in [0.25, 0.3) is 0 Å². The van der Waals surface area contributed by atoms with Crippen molar-refractivity contribution in [3.63, 3.8) is 0 Å². The van der Waals surface area contributed by atoms with E-state index in [4.69, 9.17) is 0 Å². The Morgan fingerprint density at radius 2 is 1.94 bits per heavy atom. The highest BCUT2D eigenvalue weighted by Gasteiger charge is 2.16. The van der Waals surface area contributed by atoms with Crippen LogP contribution in [-0.4, -0.2) is 7.05 Å². The fourth-order valence-electron chi connectivity index (χ4n) is 1.62. The highest BCUT2D eigenvalue weighted by atomic mass is 79.9. The van der Waals surface area contributed by atoms with Gasteiger partial charge in [0.15, 0.2) is 0 Å². The van der Waals surface area contributed by atoms with E-state index in [0.717, 1.165) is 10.2 Å². The fourth-order valence-corrected chi connectivity index (χ4v) is 6.12. The summed E-state index contributed by atoms with van der Waals surface area (Å²) in [6.45, 7) is 0. The Morgan fingerprint density at radius 1 is 1.18 bits per heavy atom. The third kappa shape index (κ3) is 3.64. The van der Waals surface area contributed by atoms with Crippen molar-refractivity contribution in [2.45, 2.75) is 12.5 Å². The summed E-state index contributed by atoms with van der Waals surface area (Å²) in [5.74, 6) is 0. The first-order chi connectivity index (χ1) is 8.10. The lowest BCUT2D eigenvalue weighted by molar-refractivity contribution is 0.596. The number of hydrogen-bond donors (Lipinski definition) is 1. The molecule has 0 radical (unpaired) electrons. The van der Waals surface area contributed by atoms with E-state index in [2.05, 4.69) is 71.3 Å². The average Bonchev–Trinajstić information content (AvgIpc) is 2.82. The summed E-state index contributed by atoms with van der Waals surface area (Å²) in [6, 6.07) is 6.80. The van der Waals surface area contributed by atoms with Crippen LogP contribution in [0, 0.1) is 0 Å². The van der Waals surface area contributed by atoms with E-state index < -0.39 is 0 Å².